The Morgan fingerprint density at radius 3 is 1.73 bits per heavy atom. The van der Waals surface area contributed by atoms with Gasteiger partial charge in [0.15, 0.2) is 0 Å². The highest BCUT2D eigenvalue weighted by Crippen LogP contribution is 2.15. The molecule has 1 heterocycles. The summed E-state index contributed by atoms with van der Waals surface area (Å²) in [7, 11) is 0. The summed E-state index contributed by atoms with van der Waals surface area (Å²) in [4.78, 5) is 79.9. The topological polar surface area (TPSA) is 217 Å². The van der Waals surface area contributed by atoms with Crippen LogP contribution in [0.2, 0.25) is 0 Å². The van der Waals surface area contributed by atoms with E-state index in [0.29, 0.717) is 50.8 Å². The van der Waals surface area contributed by atoms with Gasteiger partial charge in [0.05, 0.1) is 11.6 Å². The number of urea groups is 1. The van der Waals surface area contributed by atoms with Crippen LogP contribution in [0.25, 0.3) is 0 Å². The van der Waals surface area contributed by atoms with Crippen molar-refractivity contribution in [2.24, 2.45) is 5.73 Å². The Balaban J connectivity index is 2.65. The number of pyridine rings is 1. The zero-order valence-electron chi connectivity index (χ0n) is 31.8. The van der Waals surface area contributed by atoms with Gasteiger partial charge in [-0.3, -0.25) is 19.4 Å². The van der Waals surface area contributed by atoms with Crippen LogP contribution in [0.5, 0.6) is 0 Å². The summed E-state index contributed by atoms with van der Waals surface area (Å²) in [6.07, 6.45) is 5.68. The SMILES string of the molecule is CC(C)(C)OC(=O)CC[C@H](NC(=O)N[C@@H](CCCCNC(=O)[C@@H](N)CCCCNC(=O)c1cccnc1)C(=O)OC(C)(C)C)C(=O)OC(C)(C)C. The Morgan fingerprint density at radius 2 is 1.22 bits per heavy atom. The Hall–Kier alpha value is -4.27. The summed E-state index contributed by atoms with van der Waals surface area (Å²) < 4.78 is 16.3. The smallest absolute Gasteiger partial charge is 0.329 e. The predicted octanol–water partition coefficient (Wildman–Crippen LogP) is 3.44. The molecule has 15 heteroatoms. The zero-order chi connectivity index (χ0) is 38.8. The Bertz CT molecular complexity index is 1290. The molecule has 0 aliphatic carbocycles. The quantitative estimate of drug-likeness (QED) is 0.0792. The summed E-state index contributed by atoms with van der Waals surface area (Å²) in [5.41, 5.74) is 4.13. The number of nitrogens with one attached hydrogen (secondary N) is 4. The maximum atomic E-state index is 13.1. The summed E-state index contributed by atoms with van der Waals surface area (Å²) in [6.45, 7) is 16.1. The van der Waals surface area contributed by atoms with Crippen LogP contribution in [-0.4, -0.2) is 88.8 Å². The molecular weight excluding hydrogens is 660 g/mol. The molecule has 1 rings (SSSR count). The van der Waals surface area contributed by atoms with E-state index in [1.165, 1.54) is 6.20 Å². The maximum absolute atomic E-state index is 13.1. The summed E-state index contributed by atoms with van der Waals surface area (Å²) in [5, 5.41) is 10.7. The lowest BCUT2D eigenvalue weighted by atomic mass is 10.1. The molecular formula is C36H60N6O9. The van der Waals surface area contributed by atoms with E-state index in [4.69, 9.17) is 19.9 Å². The van der Waals surface area contributed by atoms with Crippen LogP contribution in [0.1, 0.15) is 124 Å². The van der Waals surface area contributed by atoms with E-state index in [0.717, 1.165) is 0 Å². The van der Waals surface area contributed by atoms with Crippen molar-refractivity contribution in [3.05, 3.63) is 30.1 Å². The number of aromatic nitrogens is 1. The van der Waals surface area contributed by atoms with Gasteiger partial charge in [0.2, 0.25) is 5.91 Å². The van der Waals surface area contributed by atoms with Gasteiger partial charge < -0.3 is 41.2 Å². The third-order valence-corrected chi connectivity index (χ3v) is 6.76. The average Bonchev–Trinajstić information content (AvgIpc) is 2.99. The molecule has 0 aliphatic heterocycles. The van der Waals surface area contributed by atoms with E-state index in [-0.39, 0.29) is 31.1 Å². The van der Waals surface area contributed by atoms with Crippen LogP contribution < -0.4 is 27.0 Å². The second-order valence-corrected chi connectivity index (χ2v) is 15.3. The van der Waals surface area contributed by atoms with E-state index in [9.17, 15) is 28.8 Å². The van der Waals surface area contributed by atoms with Gasteiger partial charge in [-0.15, -0.1) is 0 Å². The minimum absolute atomic E-state index is 0.0844. The lowest BCUT2D eigenvalue weighted by molar-refractivity contribution is -0.159. The number of esters is 3. The average molecular weight is 721 g/mol. The Kier molecular flexibility index (Phi) is 18.6. The van der Waals surface area contributed by atoms with Crippen LogP contribution in [0, 0.1) is 0 Å². The number of rotatable bonds is 19. The van der Waals surface area contributed by atoms with Crippen molar-refractivity contribution >= 4 is 35.8 Å². The number of nitrogens with two attached hydrogens (primary N) is 1. The van der Waals surface area contributed by atoms with Gasteiger partial charge in [-0.2, -0.15) is 0 Å². The molecule has 6 N–H and O–H groups in total. The number of carbonyl (C=O) groups excluding carboxylic acids is 6. The molecule has 0 unspecified atom stereocenters. The molecule has 15 nitrogen and oxygen atoms in total. The van der Waals surface area contributed by atoms with Crippen molar-refractivity contribution in [3.8, 4) is 0 Å². The first kappa shape index (κ1) is 44.8. The molecule has 3 atom stereocenters. The molecule has 0 saturated heterocycles. The first-order valence-electron chi connectivity index (χ1n) is 17.5. The van der Waals surface area contributed by atoms with Crippen LogP contribution in [0.15, 0.2) is 24.5 Å². The number of unbranched alkanes of at least 4 members (excludes halogenated alkanes) is 2. The van der Waals surface area contributed by atoms with Gasteiger partial charge in [0.25, 0.3) is 5.91 Å². The van der Waals surface area contributed by atoms with Gasteiger partial charge >= 0.3 is 23.9 Å². The van der Waals surface area contributed by atoms with Crippen molar-refractivity contribution in [1.82, 2.24) is 26.3 Å². The molecule has 0 fully saturated rings. The van der Waals surface area contributed by atoms with Crippen LogP contribution in [-0.2, 0) is 33.4 Å². The normalized spacial score (nSPS) is 13.5. The van der Waals surface area contributed by atoms with Gasteiger partial charge in [-0.05, 0) is 119 Å². The molecule has 288 valence electrons. The molecule has 0 aliphatic rings. The van der Waals surface area contributed by atoms with Gasteiger partial charge in [-0.1, -0.05) is 0 Å². The molecule has 0 aromatic carbocycles. The standard InChI is InChI=1S/C36H60N6O9/c1-34(2,3)49-28(43)19-18-27(32(47)51-36(7,8)9)42-33(48)41-26(31(46)50-35(4,5)6)17-11-13-22-40-30(45)25(37)16-10-12-21-39-29(44)24-15-14-20-38-23-24/h14-15,20,23,25-27H,10-13,16-19,21-22,37H2,1-9H3,(H,39,44)(H,40,45)(H2,41,42,48)/t25-,26-,27-/m0/s1. The lowest BCUT2D eigenvalue weighted by Gasteiger charge is -2.27. The zero-order valence-corrected chi connectivity index (χ0v) is 31.8. The fourth-order valence-electron chi connectivity index (χ4n) is 4.49. The van der Waals surface area contributed by atoms with Gasteiger partial charge in [-0.25, -0.2) is 14.4 Å². The molecule has 0 bridgehead atoms. The molecule has 0 radical (unpaired) electrons. The van der Waals surface area contributed by atoms with Crippen LogP contribution in [0.4, 0.5) is 4.79 Å². The Morgan fingerprint density at radius 1 is 0.706 bits per heavy atom. The molecule has 51 heavy (non-hydrogen) atoms. The number of hydrogen-bond acceptors (Lipinski definition) is 11. The number of hydrogen-bond donors (Lipinski definition) is 5. The maximum Gasteiger partial charge on any atom is 0.329 e. The fraction of sp³-hybridized carbons (Fsp3) is 0.694. The monoisotopic (exact) mass is 720 g/mol. The first-order chi connectivity index (χ1) is 23.6. The fourth-order valence-corrected chi connectivity index (χ4v) is 4.49. The second kappa shape index (κ2) is 21.2. The number of carbonyl (C=O) groups is 6. The highest BCUT2D eigenvalue weighted by molar-refractivity contribution is 5.93. The van der Waals surface area contributed by atoms with Crippen molar-refractivity contribution in [2.45, 2.75) is 149 Å². The minimum atomic E-state index is -1.19. The van der Waals surface area contributed by atoms with Crippen molar-refractivity contribution in [1.29, 1.82) is 0 Å². The van der Waals surface area contributed by atoms with Crippen LogP contribution >= 0.6 is 0 Å². The van der Waals surface area contributed by atoms with Gasteiger partial charge in [0.1, 0.15) is 28.9 Å². The van der Waals surface area contributed by atoms with E-state index in [1.54, 1.807) is 80.6 Å². The van der Waals surface area contributed by atoms with Crippen molar-refractivity contribution in [3.63, 3.8) is 0 Å². The highest BCUT2D eigenvalue weighted by Gasteiger charge is 2.31. The molecule has 0 saturated carbocycles. The number of ether oxygens (including phenoxy) is 3. The van der Waals surface area contributed by atoms with E-state index in [1.807, 2.05) is 0 Å². The second-order valence-electron chi connectivity index (χ2n) is 15.3. The van der Waals surface area contributed by atoms with Crippen molar-refractivity contribution in [2.75, 3.05) is 13.1 Å². The molecule has 0 spiro atoms. The molecule has 4 amide bonds. The molecule has 1 aromatic heterocycles. The Labute approximate surface area is 302 Å². The summed E-state index contributed by atoms with van der Waals surface area (Å²) >= 11 is 0. The number of amides is 4. The van der Waals surface area contributed by atoms with E-state index >= 15 is 0 Å². The third kappa shape index (κ3) is 21.5. The number of nitrogens with zero attached hydrogens (tertiary/aromatic N) is 1. The minimum Gasteiger partial charge on any atom is -0.460 e. The van der Waals surface area contributed by atoms with Crippen LogP contribution in [0.3, 0.4) is 0 Å². The lowest BCUT2D eigenvalue weighted by Crippen LogP contribution is -2.53. The first-order valence-corrected chi connectivity index (χ1v) is 17.5. The van der Waals surface area contributed by atoms with Gasteiger partial charge in [0, 0.05) is 31.9 Å². The van der Waals surface area contributed by atoms with E-state index in [2.05, 4.69) is 26.3 Å². The third-order valence-electron chi connectivity index (χ3n) is 6.76. The van der Waals surface area contributed by atoms with Crippen molar-refractivity contribution < 1.29 is 43.0 Å². The summed E-state index contributed by atoms with van der Waals surface area (Å²) in [6, 6.07) is -0.428. The largest absolute Gasteiger partial charge is 0.460 e. The van der Waals surface area contributed by atoms with E-state index < -0.39 is 58.9 Å². The predicted molar refractivity (Wildman–Crippen MR) is 191 cm³/mol. The summed E-state index contributed by atoms with van der Waals surface area (Å²) in [5.74, 6) is -2.47. The highest BCUT2D eigenvalue weighted by atomic mass is 16.6. The molecule has 1 aromatic rings.